The molecule has 0 spiro atoms. The van der Waals surface area contributed by atoms with Crippen molar-refractivity contribution in [2.75, 3.05) is 36.5 Å². The summed E-state index contributed by atoms with van der Waals surface area (Å²) < 4.78 is 35.5. The molecule has 0 radical (unpaired) electrons. The van der Waals surface area contributed by atoms with Crippen LogP contribution in [0.2, 0.25) is 5.02 Å². The van der Waals surface area contributed by atoms with Crippen LogP contribution >= 0.6 is 23.4 Å². The normalized spacial score (nSPS) is 11.2. The molecule has 0 saturated carbocycles. The van der Waals surface area contributed by atoms with E-state index >= 15 is 0 Å². The van der Waals surface area contributed by atoms with Gasteiger partial charge in [-0.2, -0.15) is 11.8 Å². The van der Waals surface area contributed by atoms with Crippen LogP contribution in [0.5, 0.6) is 5.75 Å². The van der Waals surface area contributed by atoms with Crippen LogP contribution in [0.25, 0.3) is 0 Å². The zero-order chi connectivity index (χ0) is 19.9. The predicted molar refractivity (Wildman–Crippen MR) is 108 cm³/mol. The number of hydrogen-bond donors (Lipinski definition) is 1. The summed E-state index contributed by atoms with van der Waals surface area (Å²) in [5, 5.41) is 2.98. The summed E-state index contributed by atoms with van der Waals surface area (Å²) in [6, 6.07) is 8.25. The molecule has 1 amide bonds. The summed E-state index contributed by atoms with van der Waals surface area (Å²) in [4.78, 5) is 12.2. The van der Waals surface area contributed by atoms with E-state index in [1.165, 1.54) is 19.2 Å². The van der Waals surface area contributed by atoms with Crippen molar-refractivity contribution in [2.45, 2.75) is 5.75 Å². The van der Waals surface area contributed by atoms with Crippen molar-refractivity contribution < 1.29 is 22.4 Å². The number of nitrogens with zero attached hydrogens (tertiary/aromatic N) is 1. The van der Waals surface area contributed by atoms with E-state index in [1.807, 2.05) is 12.1 Å². The molecule has 10 heteroatoms. The number of anilines is 1. The first-order valence-electron chi connectivity index (χ1n) is 7.99. The minimum absolute atomic E-state index is 0.262. The molecule has 0 bridgehead atoms. The van der Waals surface area contributed by atoms with Crippen molar-refractivity contribution in [3.8, 4) is 5.75 Å². The summed E-state index contributed by atoms with van der Waals surface area (Å²) in [5.41, 5.74) is 0.297. The number of nitrogens with one attached hydrogen (secondary N) is 1. The maximum Gasteiger partial charge on any atom is 0.240 e. The van der Waals surface area contributed by atoms with Crippen LogP contribution < -0.4 is 14.4 Å². The van der Waals surface area contributed by atoms with Gasteiger partial charge in [0.1, 0.15) is 18.1 Å². The van der Waals surface area contributed by atoms with Gasteiger partial charge in [0.15, 0.2) is 0 Å². The van der Waals surface area contributed by atoms with E-state index in [0.29, 0.717) is 29.5 Å². The van der Waals surface area contributed by atoms with Crippen molar-refractivity contribution in [1.29, 1.82) is 0 Å². The molecule has 0 aliphatic rings. The van der Waals surface area contributed by atoms with Crippen molar-refractivity contribution in [1.82, 2.24) is 5.32 Å². The zero-order valence-corrected chi connectivity index (χ0v) is 17.4. The van der Waals surface area contributed by atoms with E-state index in [-0.39, 0.29) is 11.6 Å². The van der Waals surface area contributed by atoms with Gasteiger partial charge in [0.25, 0.3) is 0 Å². The highest BCUT2D eigenvalue weighted by molar-refractivity contribution is 7.98. The minimum atomic E-state index is -3.66. The predicted octanol–water partition coefficient (Wildman–Crippen LogP) is 2.76. The third kappa shape index (κ3) is 6.67. The summed E-state index contributed by atoms with van der Waals surface area (Å²) >= 11 is 7.67. The van der Waals surface area contributed by atoms with Gasteiger partial charge in [0.05, 0.1) is 36.1 Å². The lowest BCUT2D eigenvalue weighted by atomic mass is 10.3. The van der Waals surface area contributed by atoms with Gasteiger partial charge in [-0.1, -0.05) is 11.6 Å². The molecule has 0 aliphatic heterocycles. The lowest BCUT2D eigenvalue weighted by Crippen LogP contribution is -2.41. The van der Waals surface area contributed by atoms with Crippen molar-refractivity contribution in [3.05, 3.63) is 47.4 Å². The molecule has 148 valence electrons. The number of rotatable bonds is 10. The van der Waals surface area contributed by atoms with E-state index < -0.39 is 15.9 Å². The van der Waals surface area contributed by atoms with Gasteiger partial charge in [-0.3, -0.25) is 9.10 Å². The van der Waals surface area contributed by atoms with Gasteiger partial charge in [-0.25, -0.2) is 8.42 Å². The van der Waals surface area contributed by atoms with E-state index in [0.717, 1.165) is 16.3 Å². The molecule has 27 heavy (non-hydrogen) atoms. The minimum Gasteiger partial charge on any atom is -0.495 e. The summed E-state index contributed by atoms with van der Waals surface area (Å²) in [5.74, 6) is 2.28. The molecule has 0 aliphatic carbocycles. The molecule has 0 saturated heterocycles. The molecule has 2 rings (SSSR count). The first-order valence-corrected chi connectivity index (χ1v) is 11.4. The van der Waals surface area contributed by atoms with Crippen LogP contribution in [0.3, 0.4) is 0 Å². The summed E-state index contributed by atoms with van der Waals surface area (Å²) in [6.45, 7) is 0.0928. The number of carbonyl (C=O) groups excluding carboxylic acids is 1. The third-order valence-corrected chi connectivity index (χ3v) is 5.92. The topological polar surface area (TPSA) is 88.8 Å². The number of benzene rings is 1. The fourth-order valence-corrected chi connectivity index (χ4v) is 4.08. The fraction of sp³-hybridized carbons (Fsp3) is 0.353. The van der Waals surface area contributed by atoms with E-state index in [9.17, 15) is 13.2 Å². The Morgan fingerprint density at radius 3 is 2.74 bits per heavy atom. The SMILES string of the molecule is COc1ccc(N(CC(=O)NCCSCc2ccco2)S(C)(=O)=O)cc1Cl. The molecule has 1 aromatic carbocycles. The molecule has 1 heterocycles. The van der Waals surface area contributed by atoms with Crippen LogP contribution in [0, 0.1) is 0 Å². The second-order valence-corrected chi connectivity index (χ2v) is 8.99. The van der Waals surface area contributed by atoms with Crippen LogP contribution in [-0.4, -0.2) is 46.5 Å². The Labute approximate surface area is 168 Å². The number of halogens is 1. The third-order valence-electron chi connectivity index (χ3n) is 3.50. The summed E-state index contributed by atoms with van der Waals surface area (Å²) in [6.07, 6.45) is 2.65. The van der Waals surface area contributed by atoms with Gasteiger partial charge in [-0.05, 0) is 30.3 Å². The second kappa shape index (κ2) is 9.91. The zero-order valence-electron chi connectivity index (χ0n) is 15.0. The fourth-order valence-electron chi connectivity index (χ4n) is 2.23. The van der Waals surface area contributed by atoms with Crippen molar-refractivity contribution in [3.63, 3.8) is 0 Å². The smallest absolute Gasteiger partial charge is 0.240 e. The highest BCUT2D eigenvalue weighted by Crippen LogP contribution is 2.30. The van der Waals surface area contributed by atoms with Crippen LogP contribution in [0.15, 0.2) is 41.0 Å². The quantitative estimate of drug-likeness (QED) is 0.581. The molecule has 1 N–H and O–H groups in total. The van der Waals surface area contributed by atoms with Crippen molar-refractivity contribution >= 4 is 45.0 Å². The van der Waals surface area contributed by atoms with Crippen LogP contribution in [0.1, 0.15) is 5.76 Å². The number of amides is 1. The Hall–Kier alpha value is -1.84. The molecule has 7 nitrogen and oxygen atoms in total. The molecule has 0 unspecified atom stereocenters. The molecule has 0 atom stereocenters. The highest BCUT2D eigenvalue weighted by Gasteiger charge is 2.21. The van der Waals surface area contributed by atoms with Crippen LogP contribution in [0.4, 0.5) is 5.69 Å². The molecule has 1 aromatic heterocycles. The molecular formula is C17H21ClN2O5S2. The number of hydrogen-bond acceptors (Lipinski definition) is 6. The number of furan rings is 1. The Bertz CT molecular complexity index is 856. The number of ether oxygens (including phenoxy) is 1. The number of thioether (sulfide) groups is 1. The lowest BCUT2D eigenvalue weighted by Gasteiger charge is -2.22. The van der Waals surface area contributed by atoms with E-state index in [1.54, 1.807) is 24.1 Å². The Morgan fingerprint density at radius 1 is 1.37 bits per heavy atom. The Kier molecular flexibility index (Phi) is 7.88. The molecular weight excluding hydrogens is 412 g/mol. The van der Waals surface area contributed by atoms with Gasteiger partial charge in [0.2, 0.25) is 15.9 Å². The van der Waals surface area contributed by atoms with E-state index in [4.69, 9.17) is 20.8 Å². The van der Waals surface area contributed by atoms with Gasteiger partial charge >= 0.3 is 0 Å². The number of sulfonamides is 1. The average Bonchev–Trinajstić information content (AvgIpc) is 3.11. The lowest BCUT2D eigenvalue weighted by molar-refractivity contribution is -0.119. The number of carbonyl (C=O) groups is 1. The van der Waals surface area contributed by atoms with Crippen LogP contribution in [-0.2, 0) is 20.6 Å². The monoisotopic (exact) mass is 432 g/mol. The first kappa shape index (κ1) is 21.5. The van der Waals surface area contributed by atoms with Gasteiger partial charge in [-0.15, -0.1) is 0 Å². The van der Waals surface area contributed by atoms with E-state index in [2.05, 4.69) is 5.32 Å². The van der Waals surface area contributed by atoms with Crippen molar-refractivity contribution in [2.24, 2.45) is 0 Å². The van der Waals surface area contributed by atoms with Gasteiger partial charge in [0, 0.05) is 12.3 Å². The van der Waals surface area contributed by atoms with Gasteiger partial charge < -0.3 is 14.5 Å². The Balaban J connectivity index is 1.89. The number of methoxy groups -OCH3 is 1. The maximum absolute atomic E-state index is 12.2. The molecule has 2 aromatic rings. The maximum atomic E-state index is 12.2. The summed E-state index contributed by atoms with van der Waals surface area (Å²) in [7, 11) is -2.19. The Morgan fingerprint density at radius 2 is 2.15 bits per heavy atom. The highest BCUT2D eigenvalue weighted by atomic mass is 35.5. The largest absolute Gasteiger partial charge is 0.495 e. The average molecular weight is 433 g/mol. The first-order chi connectivity index (χ1) is 12.8. The second-order valence-electron chi connectivity index (χ2n) is 5.57. The molecule has 0 fully saturated rings. The standard InChI is InChI=1S/C17H21ClN2O5S2/c1-24-16-6-5-13(10-15(16)18)20(27(2,22)23)11-17(21)19-7-9-26-12-14-4-3-8-25-14/h3-6,8,10H,7,9,11-12H2,1-2H3,(H,19,21).